The Balaban J connectivity index is 1.96. The van der Waals surface area contributed by atoms with Crippen molar-refractivity contribution in [2.45, 2.75) is 34.6 Å². The van der Waals surface area contributed by atoms with Crippen molar-refractivity contribution in [2.75, 3.05) is 0 Å². The molecule has 0 saturated heterocycles. The first-order chi connectivity index (χ1) is 13.4. The van der Waals surface area contributed by atoms with Crippen molar-refractivity contribution in [3.8, 4) is 22.4 Å². The second-order valence-corrected chi connectivity index (χ2v) is 8.08. The number of pyridine rings is 1. The molecule has 4 rings (SSSR count). The Morgan fingerprint density at radius 2 is 1.39 bits per heavy atom. The van der Waals surface area contributed by atoms with Crippen LogP contribution >= 0.6 is 0 Å². The first-order valence-electron chi connectivity index (χ1n) is 9.94. The molecule has 0 amide bonds. The molecule has 1 aromatic heterocycles. The Bertz CT molecular complexity index is 1190. The predicted molar refractivity (Wildman–Crippen MR) is 120 cm³/mol. The van der Waals surface area contributed by atoms with Crippen LogP contribution in [0.3, 0.4) is 0 Å². The van der Waals surface area contributed by atoms with Gasteiger partial charge >= 0.3 is 0 Å². The van der Waals surface area contributed by atoms with Crippen molar-refractivity contribution in [1.82, 2.24) is 0 Å². The van der Waals surface area contributed by atoms with Crippen LogP contribution < -0.4 is 4.57 Å². The maximum atomic E-state index is 2.34. The molecule has 28 heavy (non-hydrogen) atoms. The minimum absolute atomic E-state index is 1.27. The molecule has 0 aliphatic rings. The van der Waals surface area contributed by atoms with Crippen molar-refractivity contribution in [3.05, 3.63) is 88.6 Å². The van der Waals surface area contributed by atoms with E-state index < -0.39 is 0 Å². The highest BCUT2D eigenvalue weighted by molar-refractivity contribution is 5.94. The maximum Gasteiger partial charge on any atom is 0.220 e. The van der Waals surface area contributed by atoms with Crippen molar-refractivity contribution >= 4 is 10.8 Å². The molecule has 140 valence electrons. The lowest BCUT2D eigenvalue weighted by Crippen LogP contribution is -2.35. The van der Waals surface area contributed by atoms with Gasteiger partial charge in [-0.1, -0.05) is 48.0 Å². The van der Waals surface area contributed by atoms with Crippen LogP contribution in [0.1, 0.15) is 27.9 Å². The molecule has 0 atom stereocenters. The van der Waals surface area contributed by atoms with E-state index in [2.05, 4.69) is 107 Å². The van der Waals surface area contributed by atoms with E-state index >= 15 is 0 Å². The average Bonchev–Trinajstić information content (AvgIpc) is 2.64. The van der Waals surface area contributed by atoms with E-state index in [0.717, 1.165) is 0 Å². The fourth-order valence-electron chi connectivity index (χ4n) is 4.38. The molecule has 0 N–H and O–H groups in total. The molecule has 4 aromatic rings. The van der Waals surface area contributed by atoms with Crippen LogP contribution in [0, 0.1) is 34.6 Å². The summed E-state index contributed by atoms with van der Waals surface area (Å²) in [5.74, 6) is 0. The van der Waals surface area contributed by atoms with Crippen LogP contribution in [0.5, 0.6) is 0 Å². The predicted octanol–water partition coefficient (Wildman–Crippen LogP) is 6.54. The Hall–Kier alpha value is -2.93. The van der Waals surface area contributed by atoms with E-state index in [9.17, 15) is 0 Å². The van der Waals surface area contributed by atoms with E-state index in [0.29, 0.717) is 0 Å². The van der Waals surface area contributed by atoms with Gasteiger partial charge < -0.3 is 0 Å². The molecule has 1 nitrogen and oxygen atoms in total. The van der Waals surface area contributed by atoms with Crippen LogP contribution in [0.15, 0.2) is 60.7 Å². The first kappa shape index (κ1) is 18.4. The zero-order valence-corrected chi connectivity index (χ0v) is 17.7. The van der Waals surface area contributed by atoms with Gasteiger partial charge in [-0.25, -0.2) is 0 Å². The van der Waals surface area contributed by atoms with Gasteiger partial charge in [0, 0.05) is 18.6 Å². The standard InChI is InChI=1S/C27H28N/c1-17-10-12-25-23(14-17)16-21(5)28(6)27(25)24-13-11-22(15-20(24)4)26-18(2)8-7-9-19(26)3/h7-16H,1-6H3/q+1. The van der Waals surface area contributed by atoms with Crippen LogP contribution in [0.25, 0.3) is 33.2 Å². The monoisotopic (exact) mass is 366 g/mol. The summed E-state index contributed by atoms with van der Waals surface area (Å²) in [5.41, 5.74) is 11.8. The fourth-order valence-corrected chi connectivity index (χ4v) is 4.38. The molecule has 0 bridgehead atoms. The normalized spacial score (nSPS) is 11.2. The summed E-state index contributed by atoms with van der Waals surface area (Å²) in [6.45, 7) is 11.0. The van der Waals surface area contributed by atoms with Crippen molar-refractivity contribution in [3.63, 3.8) is 0 Å². The summed E-state index contributed by atoms with van der Waals surface area (Å²) in [6, 6.07) is 22.5. The first-order valence-corrected chi connectivity index (χ1v) is 9.94. The van der Waals surface area contributed by atoms with E-state index in [-0.39, 0.29) is 0 Å². The topological polar surface area (TPSA) is 3.88 Å². The quantitative estimate of drug-likeness (QED) is 0.355. The van der Waals surface area contributed by atoms with Gasteiger partial charge in [-0.15, -0.1) is 0 Å². The second kappa shape index (κ2) is 6.91. The van der Waals surface area contributed by atoms with Gasteiger partial charge in [0.1, 0.15) is 7.05 Å². The third-order valence-corrected chi connectivity index (χ3v) is 5.94. The van der Waals surface area contributed by atoms with Crippen LogP contribution in [-0.4, -0.2) is 0 Å². The number of aryl methyl sites for hydroxylation is 5. The van der Waals surface area contributed by atoms with Crippen molar-refractivity contribution < 1.29 is 4.57 Å². The van der Waals surface area contributed by atoms with Gasteiger partial charge in [0.15, 0.2) is 5.69 Å². The molecule has 3 aromatic carbocycles. The lowest BCUT2D eigenvalue weighted by atomic mass is 9.91. The third kappa shape index (κ3) is 3.01. The summed E-state index contributed by atoms with van der Waals surface area (Å²) in [6.07, 6.45) is 0. The number of nitrogens with zero attached hydrogens (tertiary/aromatic N) is 1. The van der Waals surface area contributed by atoms with E-state index in [4.69, 9.17) is 0 Å². The smallest absolute Gasteiger partial charge is 0.198 e. The minimum atomic E-state index is 1.27. The van der Waals surface area contributed by atoms with Crippen LogP contribution in [0.4, 0.5) is 0 Å². The highest BCUT2D eigenvalue weighted by Crippen LogP contribution is 2.34. The fraction of sp³-hybridized carbons (Fsp3) is 0.222. The van der Waals surface area contributed by atoms with Gasteiger partial charge in [-0.3, -0.25) is 0 Å². The molecular formula is C27H28N+. The Morgan fingerprint density at radius 1 is 0.679 bits per heavy atom. The molecule has 0 aliphatic heterocycles. The largest absolute Gasteiger partial charge is 0.220 e. The number of aromatic nitrogens is 1. The van der Waals surface area contributed by atoms with Crippen LogP contribution in [-0.2, 0) is 7.05 Å². The zero-order chi connectivity index (χ0) is 20.0. The molecule has 0 aliphatic carbocycles. The van der Waals surface area contributed by atoms with Gasteiger partial charge in [-0.2, -0.15) is 4.57 Å². The highest BCUT2D eigenvalue weighted by atomic mass is 14.9. The van der Waals surface area contributed by atoms with Crippen LogP contribution in [0.2, 0.25) is 0 Å². The lowest BCUT2D eigenvalue weighted by molar-refractivity contribution is -0.665. The minimum Gasteiger partial charge on any atom is -0.198 e. The molecular weight excluding hydrogens is 338 g/mol. The summed E-state index contributed by atoms with van der Waals surface area (Å²) >= 11 is 0. The number of fused-ring (bicyclic) bond motifs is 1. The lowest BCUT2D eigenvalue weighted by Gasteiger charge is -2.14. The van der Waals surface area contributed by atoms with Gasteiger partial charge in [-0.05, 0) is 73.0 Å². The van der Waals surface area contributed by atoms with Gasteiger partial charge in [0.25, 0.3) is 0 Å². The van der Waals surface area contributed by atoms with Gasteiger partial charge in [0.05, 0.1) is 5.39 Å². The van der Waals surface area contributed by atoms with Crippen molar-refractivity contribution in [1.29, 1.82) is 0 Å². The number of rotatable bonds is 2. The summed E-state index contributed by atoms with van der Waals surface area (Å²) < 4.78 is 2.32. The average molecular weight is 367 g/mol. The molecule has 0 saturated carbocycles. The van der Waals surface area contributed by atoms with Gasteiger partial charge in [0.2, 0.25) is 5.69 Å². The highest BCUT2D eigenvalue weighted by Gasteiger charge is 2.20. The molecule has 0 fully saturated rings. The van der Waals surface area contributed by atoms with Crippen molar-refractivity contribution in [2.24, 2.45) is 7.05 Å². The number of benzene rings is 3. The Kier molecular flexibility index (Phi) is 4.55. The number of hydrogen-bond donors (Lipinski definition) is 0. The van der Waals surface area contributed by atoms with E-state index in [1.165, 1.54) is 61.1 Å². The number of hydrogen-bond acceptors (Lipinski definition) is 0. The van der Waals surface area contributed by atoms with E-state index in [1.54, 1.807) is 0 Å². The summed E-state index contributed by atoms with van der Waals surface area (Å²) in [5, 5.41) is 2.62. The molecule has 0 radical (unpaired) electrons. The molecule has 0 spiro atoms. The molecule has 1 heterocycles. The molecule has 1 heteroatoms. The summed E-state index contributed by atoms with van der Waals surface area (Å²) in [4.78, 5) is 0. The third-order valence-electron chi connectivity index (χ3n) is 5.94. The Morgan fingerprint density at radius 3 is 2.07 bits per heavy atom. The zero-order valence-electron chi connectivity index (χ0n) is 17.7. The Labute approximate surface area is 168 Å². The summed E-state index contributed by atoms with van der Waals surface area (Å²) in [7, 11) is 2.17. The van der Waals surface area contributed by atoms with E-state index in [1.807, 2.05) is 0 Å². The second-order valence-electron chi connectivity index (χ2n) is 8.08. The SMILES string of the molecule is Cc1ccc2c(-c3ccc(-c4c(C)cccc4C)cc3C)[n+](C)c(C)cc2c1. The maximum absolute atomic E-state index is 2.34. The molecule has 0 unspecified atom stereocenters.